The Labute approximate surface area is 56.4 Å². The Kier molecular flexibility index (Phi) is 1.07. The Hall–Kier alpha value is -0.850. The molecule has 0 atom stereocenters. The Balaban J connectivity index is 1.96. The van der Waals surface area contributed by atoms with E-state index in [9.17, 15) is 4.79 Å². The summed E-state index contributed by atoms with van der Waals surface area (Å²) >= 11 is 0. The molecule has 0 unspecified atom stereocenters. The molecule has 6 heteroatoms. The minimum Gasteiger partial charge on any atom is -0.311 e. The van der Waals surface area contributed by atoms with Crippen molar-refractivity contribution in [3.63, 3.8) is 0 Å². The number of carbonyl (C=O) groups excluding carboxylic acids is 1. The molecule has 56 valence electrons. The summed E-state index contributed by atoms with van der Waals surface area (Å²) in [4.78, 5) is 19.5. The molecule has 2 N–H and O–H groups in total. The lowest BCUT2D eigenvalue weighted by molar-refractivity contribution is -0.487. The number of nitrogens with one attached hydrogen (secondary N) is 2. The van der Waals surface area contributed by atoms with Crippen molar-refractivity contribution in [1.82, 2.24) is 10.6 Å². The van der Waals surface area contributed by atoms with E-state index in [4.69, 9.17) is 4.74 Å². The maximum atomic E-state index is 10.3. The highest BCUT2D eigenvalue weighted by molar-refractivity contribution is 5.80. The number of rotatable bonds is 0. The molecular formula is C4H6N2O4. The lowest BCUT2D eigenvalue weighted by Crippen LogP contribution is -2.77. The van der Waals surface area contributed by atoms with Gasteiger partial charge in [-0.25, -0.2) is 9.68 Å². The Bertz CT molecular complexity index is 155. The minimum absolute atomic E-state index is 0.328. The van der Waals surface area contributed by atoms with Crippen LogP contribution in [0.5, 0.6) is 0 Å². The first kappa shape index (κ1) is 5.90. The molecular weight excluding hydrogens is 140 g/mol. The molecule has 0 aromatic carbocycles. The zero-order valence-corrected chi connectivity index (χ0v) is 5.05. The monoisotopic (exact) mass is 146 g/mol. The fraction of sp³-hybridized carbons (Fsp3) is 0.750. The lowest BCUT2D eigenvalue weighted by atomic mass is 10.5. The van der Waals surface area contributed by atoms with E-state index < -0.39 is 6.03 Å². The highest BCUT2D eigenvalue weighted by atomic mass is 17.3. The third kappa shape index (κ3) is 0.737. The third-order valence-corrected chi connectivity index (χ3v) is 1.20. The maximum absolute atomic E-state index is 10.3. The van der Waals surface area contributed by atoms with Gasteiger partial charge < -0.3 is 4.74 Å². The number of amides is 2. The molecule has 2 heterocycles. The molecule has 0 aromatic heterocycles. The van der Waals surface area contributed by atoms with E-state index in [0.29, 0.717) is 13.2 Å². The van der Waals surface area contributed by atoms with Gasteiger partial charge in [-0.1, -0.05) is 0 Å². The van der Waals surface area contributed by atoms with Gasteiger partial charge in [-0.05, 0) is 0 Å². The molecule has 2 aliphatic heterocycles. The van der Waals surface area contributed by atoms with Crippen LogP contribution in [0.3, 0.4) is 0 Å². The van der Waals surface area contributed by atoms with Gasteiger partial charge in [0, 0.05) is 0 Å². The van der Waals surface area contributed by atoms with E-state index >= 15 is 0 Å². The SMILES string of the molecule is O=C1NC2(N1)OCCOO2. The number of carbonyl (C=O) groups is 1. The molecule has 2 fully saturated rings. The second-order valence-corrected chi connectivity index (χ2v) is 1.95. The van der Waals surface area contributed by atoms with Crippen LogP contribution in [0.15, 0.2) is 0 Å². The zero-order valence-electron chi connectivity index (χ0n) is 5.05. The van der Waals surface area contributed by atoms with Crippen LogP contribution < -0.4 is 10.6 Å². The molecule has 2 aliphatic rings. The molecule has 0 aliphatic carbocycles. The van der Waals surface area contributed by atoms with Crippen molar-refractivity contribution in [3.05, 3.63) is 0 Å². The number of ether oxygens (including phenoxy) is 1. The van der Waals surface area contributed by atoms with Gasteiger partial charge in [-0.15, -0.1) is 0 Å². The molecule has 2 amide bonds. The predicted molar refractivity (Wildman–Crippen MR) is 27.4 cm³/mol. The van der Waals surface area contributed by atoms with Crippen LogP contribution in [0, 0.1) is 0 Å². The van der Waals surface area contributed by atoms with Crippen molar-refractivity contribution in [2.24, 2.45) is 0 Å². The summed E-state index contributed by atoms with van der Waals surface area (Å²) in [5.74, 6) is 0. The fourth-order valence-corrected chi connectivity index (χ4v) is 0.781. The van der Waals surface area contributed by atoms with Crippen molar-refractivity contribution in [2.75, 3.05) is 13.2 Å². The van der Waals surface area contributed by atoms with E-state index in [2.05, 4.69) is 20.4 Å². The topological polar surface area (TPSA) is 68.8 Å². The van der Waals surface area contributed by atoms with Gasteiger partial charge in [0.25, 0.3) is 0 Å². The first-order valence-corrected chi connectivity index (χ1v) is 2.86. The van der Waals surface area contributed by atoms with Crippen LogP contribution in [0.25, 0.3) is 0 Å². The van der Waals surface area contributed by atoms with Crippen molar-refractivity contribution >= 4 is 6.03 Å². The highest BCUT2D eigenvalue weighted by Crippen LogP contribution is 2.16. The molecule has 0 aromatic rings. The average Bonchev–Trinajstić information content (AvgIpc) is 1.87. The first-order valence-electron chi connectivity index (χ1n) is 2.86. The maximum Gasteiger partial charge on any atom is 0.372 e. The van der Waals surface area contributed by atoms with Crippen LogP contribution in [-0.2, 0) is 14.5 Å². The molecule has 0 radical (unpaired) electrons. The standard InChI is InChI=1S/C4H6N2O4/c7-3-5-4(6-3)8-1-2-9-10-4/h1-2H2,(H2,5,6,7). The van der Waals surface area contributed by atoms with E-state index in [-0.39, 0.29) is 6.03 Å². The number of hydrogen-bond acceptors (Lipinski definition) is 4. The van der Waals surface area contributed by atoms with Gasteiger partial charge in [-0.3, -0.25) is 10.6 Å². The van der Waals surface area contributed by atoms with Gasteiger partial charge in [0.05, 0.1) is 6.61 Å². The van der Waals surface area contributed by atoms with E-state index in [1.165, 1.54) is 0 Å². The predicted octanol–water partition coefficient (Wildman–Crippen LogP) is -1.11. The van der Waals surface area contributed by atoms with Crippen LogP contribution in [0.1, 0.15) is 0 Å². The average molecular weight is 146 g/mol. The summed E-state index contributed by atoms with van der Waals surface area (Å²) in [7, 11) is 0. The molecule has 2 rings (SSSR count). The fourth-order valence-electron chi connectivity index (χ4n) is 0.781. The van der Waals surface area contributed by atoms with E-state index in [1.807, 2.05) is 0 Å². The molecule has 2 saturated heterocycles. The van der Waals surface area contributed by atoms with Crippen LogP contribution in [0.4, 0.5) is 4.79 Å². The van der Waals surface area contributed by atoms with E-state index in [1.54, 1.807) is 0 Å². The summed E-state index contributed by atoms with van der Waals surface area (Å²) in [6, 6.07) is -1.53. The summed E-state index contributed by atoms with van der Waals surface area (Å²) in [5, 5.41) is 4.68. The van der Waals surface area contributed by atoms with Crippen molar-refractivity contribution in [2.45, 2.75) is 6.03 Å². The van der Waals surface area contributed by atoms with Crippen LogP contribution in [-0.4, -0.2) is 25.3 Å². The molecule has 0 bridgehead atoms. The second-order valence-electron chi connectivity index (χ2n) is 1.95. The van der Waals surface area contributed by atoms with Gasteiger partial charge in [0.2, 0.25) is 0 Å². The smallest absolute Gasteiger partial charge is 0.311 e. The zero-order chi connectivity index (χ0) is 7.03. The molecule has 1 spiro atoms. The largest absolute Gasteiger partial charge is 0.372 e. The van der Waals surface area contributed by atoms with E-state index in [0.717, 1.165) is 0 Å². The summed E-state index contributed by atoms with van der Waals surface area (Å²) < 4.78 is 4.98. The number of urea groups is 1. The quantitative estimate of drug-likeness (QED) is 0.425. The van der Waals surface area contributed by atoms with Crippen LogP contribution in [0.2, 0.25) is 0 Å². The van der Waals surface area contributed by atoms with Crippen molar-refractivity contribution in [3.8, 4) is 0 Å². The lowest BCUT2D eigenvalue weighted by Gasteiger charge is -2.41. The Morgan fingerprint density at radius 3 is 2.70 bits per heavy atom. The van der Waals surface area contributed by atoms with Crippen molar-refractivity contribution < 1.29 is 19.3 Å². The Morgan fingerprint density at radius 1 is 1.40 bits per heavy atom. The normalized spacial score (nSPS) is 28.6. The minimum atomic E-state index is -1.20. The Morgan fingerprint density at radius 2 is 2.20 bits per heavy atom. The van der Waals surface area contributed by atoms with Gasteiger partial charge in [0.1, 0.15) is 6.61 Å². The summed E-state index contributed by atoms with van der Waals surface area (Å²) in [6.45, 7) is 0.770. The summed E-state index contributed by atoms with van der Waals surface area (Å²) in [6.07, 6.45) is 0. The molecule has 10 heavy (non-hydrogen) atoms. The van der Waals surface area contributed by atoms with Gasteiger partial charge in [0.15, 0.2) is 0 Å². The second kappa shape index (κ2) is 1.82. The van der Waals surface area contributed by atoms with Crippen LogP contribution >= 0.6 is 0 Å². The molecule has 6 nitrogen and oxygen atoms in total. The number of hydrogen-bond donors (Lipinski definition) is 2. The third-order valence-electron chi connectivity index (χ3n) is 1.20. The van der Waals surface area contributed by atoms with Crippen molar-refractivity contribution in [1.29, 1.82) is 0 Å². The van der Waals surface area contributed by atoms with Gasteiger partial charge >= 0.3 is 12.1 Å². The first-order chi connectivity index (χ1) is 4.81. The van der Waals surface area contributed by atoms with Gasteiger partial charge in [-0.2, -0.15) is 4.89 Å². The highest BCUT2D eigenvalue weighted by Gasteiger charge is 2.48. The molecule has 0 saturated carbocycles. The summed E-state index contributed by atoms with van der Waals surface area (Å²) in [5.41, 5.74) is 0.